The third-order valence-electron chi connectivity index (χ3n) is 5.32. The van der Waals surface area contributed by atoms with Gasteiger partial charge in [0, 0.05) is 30.5 Å². The van der Waals surface area contributed by atoms with Crippen LogP contribution in [0.3, 0.4) is 0 Å². The zero-order valence-electron chi connectivity index (χ0n) is 18.7. The highest BCUT2D eigenvalue weighted by Crippen LogP contribution is 2.24. The summed E-state index contributed by atoms with van der Waals surface area (Å²) < 4.78 is 0. The minimum absolute atomic E-state index is 0.000386. The largest absolute Gasteiger partial charge is 0.508 e. The first-order chi connectivity index (χ1) is 16.4. The first kappa shape index (κ1) is 25.9. The van der Waals surface area contributed by atoms with Gasteiger partial charge in [0.2, 0.25) is 17.7 Å². The van der Waals surface area contributed by atoms with Crippen molar-refractivity contribution < 1.29 is 19.5 Å². The molecule has 2 aromatic rings. The number of phenols is 1. The lowest BCUT2D eigenvalue weighted by Gasteiger charge is -2.22. The lowest BCUT2D eigenvalue weighted by molar-refractivity contribution is -0.129. The third kappa shape index (κ3) is 8.58. The summed E-state index contributed by atoms with van der Waals surface area (Å²) in [6, 6.07) is 14.3. The number of aromatic hydroxyl groups is 1. The standard InChI is InChI=1S/C24H30N4O4S2/c25-20-10-11-33-34-15-21(24(32)26-14-17-4-2-1-3-5-17)28-22(30)13-18(27-23(20)31)12-16-6-8-19(29)9-7-16/h1-9,18,20-21,29H,10-15,25H2,(H,26,32)(H,27,31)(H,28,30)/t18-,20-,21-/m0/s1. The van der Waals surface area contributed by atoms with Gasteiger partial charge >= 0.3 is 0 Å². The molecule has 1 aliphatic rings. The molecular weight excluding hydrogens is 472 g/mol. The molecule has 3 rings (SSSR count). The molecule has 0 saturated carbocycles. The maximum atomic E-state index is 12.9. The monoisotopic (exact) mass is 502 g/mol. The number of nitrogens with two attached hydrogens (primary N) is 1. The van der Waals surface area contributed by atoms with Gasteiger partial charge in [0.1, 0.15) is 11.8 Å². The van der Waals surface area contributed by atoms with E-state index in [1.807, 2.05) is 30.3 Å². The second-order valence-corrected chi connectivity index (χ2v) is 10.7. The molecule has 0 bridgehead atoms. The number of amides is 3. The predicted octanol–water partition coefficient (Wildman–Crippen LogP) is 1.72. The second-order valence-electron chi connectivity index (χ2n) is 8.11. The van der Waals surface area contributed by atoms with Crippen LogP contribution in [-0.2, 0) is 27.3 Å². The van der Waals surface area contributed by atoms with Gasteiger partial charge in [-0.2, -0.15) is 0 Å². The highest BCUT2D eigenvalue weighted by Gasteiger charge is 2.26. The Hall–Kier alpha value is -2.69. The van der Waals surface area contributed by atoms with Crippen molar-refractivity contribution in [3.05, 3.63) is 65.7 Å². The van der Waals surface area contributed by atoms with Gasteiger partial charge in [-0.15, -0.1) is 0 Å². The van der Waals surface area contributed by atoms with Crippen molar-refractivity contribution in [2.24, 2.45) is 5.73 Å². The van der Waals surface area contributed by atoms with Crippen LogP contribution in [0.1, 0.15) is 24.0 Å². The Kier molecular flexibility index (Phi) is 10.1. The van der Waals surface area contributed by atoms with Crippen molar-refractivity contribution in [1.82, 2.24) is 16.0 Å². The molecule has 10 heteroatoms. The molecule has 8 nitrogen and oxygen atoms in total. The van der Waals surface area contributed by atoms with Crippen molar-refractivity contribution in [2.45, 2.75) is 43.9 Å². The van der Waals surface area contributed by atoms with E-state index in [2.05, 4.69) is 16.0 Å². The molecule has 1 heterocycles. The van der Waals surface area contributed by atoms with Crippen molar-refractivity contribution in [3.63, 3.8) is 0 Å². The van der Waals surface area contributed by atoms with Crippen molar-refractivity contribution in [1.29, 1.82) is 0 Å². The first-order valence-corrected chi connectivity index (χ1v) is 13.6. The average Bonchev–Trinajstić information content (AvgIpc) is 2.83. The number of carbonyl (C=O) groups is 3. The van der Waals surface area contributed by atoms with Gasteiger partial charge in [0.15, 0.2) is 0 Å². The quantitative estimate of drug-likeness (QED) is 0.393. The van der Waals surface area contributed by atoms with E-state index in [0.717, 1.165) is 11.1 Å². The van der Waals surface area contributed by atoms with E-state index < -0.39 is 18.1 Å². The van der Waals surface area contributed by atoms with E-state index in [4.69, 9.17) is 5.73 Å². The molecule has 0 unspecified atom stereocenters. The number of rotatable bonds is 5. The minimum atomic E-state index is -0.701. The van der Waals surface area contributed by atoms with Gasteiger partial charge in [0.05, 0.1) is 6.04 Å². The lowest BCUT2D eigenvalue weighted by atomic mass is 10.0. The minimum Gasteiger partial charge on any atom is -0.508 e. The summed E-state index contributed by atoms with van der Waals surface area (Å²) in [4.78, 5) is 38.3. The van der Waals surface area contributed by atoms with Crippen molar-refractivity contribution in [2.75, 3.05) is 11.5 Å². The Morgan fingerprint density at radius 2 is 1.76 bits per heavy atom. The Labute approximate surface area is 207 Å². The van der Waals surface area contributed by atoms with Gasteiger partial charge in [0.25, 0.3) is 0 Å². The summed E-state index contributed by atoms with van der Waals surface area (Å²) in [6.45, 7) is 0.373. The summed E-state index contributed by atoms with van der Waals surface area (Å²) in [5.74, 6) is 0.295. The molecule has 0 spiro atoms. The van der Waals surface area contributed by atoms with Gasteiger partial charge in [-0.05, 0) is 36.1 Å². The molecule has 3 amide bonds. The highest BCUT2D eigenvalue weighted by molar-refractivity contribution is 8.76. The average molecular weight is 503 g/mol. The van der Waals surface area contributed by atoms with Gasteiger partial charge in [-0.25, -0.2) is 0 Å². The van der Waals surface area contributed by atoms with Crippen LogP contribution < -0.4 is 21.7 Å². The van der Waals surface area contributed by atoms with E-state index in [-0.39, 0.29) is 29.9 Å². The lowest BCUT2D eigenvalue weighted by Crippen LogP contribution is -2.51. The van der Waals surface area contributed by atoms with Crippen LogP contribution in [-0.4, -0.2) is 52.5 Å². The summed E-state index contributed by atoms with van der Waals surface area (Å²) in [7, 11) is 3.00. The highest BCUT2D eigenvalue weighted by atomic mass is 33.1. The molecule has 34 heavy (non-hydrogen) atoms. The Bertz CT molecular complexity index is 959. The van der Waals surface area contributed by atoms with E-state index in [1.165, 1.54) is 21.6 Å². The first-order valence-electron chi connectivity index (χ1n) is 11.1. The number of benzene rings is 2. The van der Waals surface area contributed by atoms with Crippen molar-refractivity contribution >= 4 is 39.3 Å². The Morgan fingerprint density at radius 3 is 2.50 bits per heavy atom. The van der Waals surface area contributed by atoms with Crippen LogP contribution in [0.15, 0.2) is 54.6 Å². The van der Waals surface area contributed by atoms with Crippen LogP contribution in [0.4, 0.5) is 0 Å². The maximum Gasteiger partial charge on any atom is 0.243 e. The van der Waals surface area contributed by atoms with E-state index in [0.29, 0.717) is 30.9 Å². The van der Waals surface area contributed by atoms with Gasteiger partial charge < -0.3 is 26.8 Å². The third-order valence-corrected chi connectivity index (χ3v) is 7.77. The number of nitrogens with one attached hydrogen (secondary N) is 3. The fraction of sp³-hybridized carbons (Fsp3) is 0.375. The van der Waals surface area contributed by atoms with Crippen LogP contribution in [0.5, 0.6) is 5.75 Å². The van der Waals surface area contributed by atoms with E-state index in [9.17, 15) is 19.5 Å². The van der Waals surface area contributed by atoms with Crippen LogP contribution in [0.25, 0.3) is 0 Å². The van der Waals surface area contributed by atoms with E-state index >= 15 is 0 Å². The van der Waals surface area contributed by atoms with Crippen molar-refractivity contribution in [3.8, 4) is 5.75 Å². The number of phenolic OH excluding ortho intramolecular Hbond substituents is 1. The van der Waals surface area contributed by atoms with Crippen LogP contribution >= 0.6 is 21.6 Å². The zero-order valence-corrected chi connectivity index (χ0v) is 20.4. The molecule has 2 aromatic carbocycles. The summed E-state index contributed by atoms with van der Waals surface area (Å²) >= 11 is 0. The number of carbonyl (C=O) groups excluding carboxylic acids is 3. The molecule has 0 radical (unpaired) electrons. The van der Waals surface area contributed by atoms with Crippen LogP contribution in [0.2, 0.25) is 0 Å². The molecular formula is C24H30N4O4S2. The van der Waals surface area contributed by atoms with Gasteiger partial charge in [-0.3, -0.25) is 14.4 Å². The zero-order chi connectivity index (χ0) is 24.3. The summed E-state index contributed by atoms with van der Waals surface area (Å²) in [6.07, 6.45) is 0.877. The normalized spacial score (nSPS) is 22.3. The molecule has 6 N–H and O–H groups in total. The molecule has 3 atom stereocenters. The Balaban J connectivity index is 1.68. The SMILES string of the molecule is N[C@H]1CCSSC[C@@H](C(=O)NCc2ccccc2)NC(=O)C[C@H](Cc2ccc(O)cc2)NC1=O. The fourth-order valence-electron chi connectivity index (χ4n) is 3.45. The van der Waals surface area contributed by atoms with Crippen LogP contribution in [0, 0.1) is 0 Å². The summed E-state index contributed by atoms with van der Waals surface area (Å²) in [5.41, 5.74) is 7.88. The van der Waals surface area contributed by atoms with E-state index in [1.54, 1.807) is 24.3 Å². The molecule has 0 aromatic heterocycles. The number of hydrogen-bond donors (Lipinski definition) is 5. The Morgan fingerprint density at radius 1 is 1.03 bits per heavy atom. The molecule has 182 valence electrons. The maximum absolute atomic E-state index is 12.9. The smallest absolute Gasteiger partial charge is 0.243 e. The van der Waals surface area contributed by atoms with Gasteiger partial charge in [-0.1, -0.05) is 64.1 Å². The molecule has 1 fully saturated rings. The second kappa shape index (κ2) is 13.3. The topological polar surface area (TPSA) is 134 Å². The predicted molar refractivity (Wildman–Crippen MR) is 136 cm³/mol. The molecule has 1 aliphatic heterocycles. The number of hydrogen-bond acceptors (Lipinski definition) is 7. The molecule has 0 aliphatic carbocycles. The molecule has 1 saturated heterocycles. The summed E-state index contributed by atoms with van der Waals surface area (Å²) in [5, 5.41) is 18.1. The fourth-order valence-corrected chi connectivity index (χ4v) is 5.72.